The minimum atomic E-state index is -3.62. The van der Waals surface area contributed by atoms with E-state index in [9.17, 15) is 13.2 Å². The van der Waals surface area contributed by atoms with Crippen molar-refractivity contribution in [1.82, 2.24) is 5.32 Å². The lowest BCUT2D eigenvalue weighted by Gasteiger charge is -2.29. The van der Waals surface area contributed by atoms with E-state index in [2.05, 4.69) is 5.32 Å². The van der Waals surface area contributed by atoms with E-state index in [-0.39, 0.29) is 12.5 Å². The second kappa shape index (κ2) is 8.43. The molecule has 0 radical (unpaired) electrons. The summed E-state index contributed by atoms with van der Waals surface area (Å²) in [5.41, 5.74) is 0.994. The Bertz CT molecular complexity index is 863. The third kappa shape index (κ3) is 6.29. The molecule has 7 heteroatoms. The molecule has 0 aromatic heterocycles. The van der Waals surface area contributed by atoms with Crippen molar-refractivity contribution in [2.24, 2.45) is 0 Å². The summed E-state index contributed by atoms with van der Waals surface area (Å²) < 4.78 is 30.6. The van der Waals surface area contributed by atoms with Crippen molar-refractivity contribution in [3.05, 3.63) is 60.2 Å². The van der Waals surface area contributed by atoms with Crippen LogP contribution in [0.5, 0.6) is 5.75 Å². The molecule has 2 rings (SSSR count). The fourth-order valence-corrected chi connectivity index (χ4v) is 3.70. The van der Waals surface area contributed by atoms with Crippen LogP contribution in [0.1, 0.15) is 19.4 Å². The number of amides is 1. The Labute approximate surface area is 161 Å². The van der Waals surface area contributed by atoms with Crippen LogP contribution in [0.4, 0.5) is 5.69 Å². The summed E-state index contributed by atoms with van der Waals surface area (Å²) in [5, 5.41) is 2.93. The van der Waals surface area contributed by atoms with E-state index in [0.717, 1.165) is 16.1 Å². The molecule has 27 heavy (non-hydrogen) atoms. The van der Waals surface area contributed by atoms with Crippen LogP contribution in [0.2, 0.25) is 0 Å². The van der Waals surface area contributed by atoms with Gasteiger partial charge in [-0.05, 0) is 50.1 Å². The first-order valence-corrected chi connectivity index (χ1v) is 10.4. The lowest BCUT2D eigenvalue weighted by atomic mass is 9.95. The molecule has 146 valence electrons. The van der Waals surface area contributed by atoms with Crippen LogP contribution in [-0.2, 0) is 21.2 Å². The second-order valence-electron chi connectivity index (χ2n) is 7.06. The molecule has 0 aliphatic rings. The molecule has 0 heterocycles. The van der Waals surface area contributed by atoms with E-state index in [1.165, 1.54) is 7.11 Å². The maximum Gasteiger partial charge on any atom is 0.241 e. The fourth-order valence-electron chi connectivity index (χ4n) is 2.85. The molecule has 1 N–H and O–H groups in total. The second-order valence-corrected chi connectivity index (χ2v) is 8.97. The van der Waals surface area contributed by atoms with E-state index in [1.54, 1.807) is 24.3 Å². The number of carbonyl (C=O) groups excluding carboxylic acids is 1. The van der Waals surface area contributed by atoms with Gasteiger partial charge in [-0.3, -0.25) is 9.10 Å². The average molecular weight is 391 g/mol. The van der Waals surface area contributed by atoms with Crippen LogP contribution in [0.15, 0.2) is 54.6 Å². The van der Waals surface area contributed by atoms with Crippen LogP contribution in [0.3, 0.4) is 0 Å². The first-order valence-electron chi connectivity index (χ1n) is 8.57. The van der Waals surface area contributed by atoms with Gasteiger partial charge in [-0.25, -0.2) is 8.42 Å². The molecule has 0 unspecified atom stereocenters. The van der Waals surface area contributed by atoms with Gasteiger partial charge in [-0.1, -0.05) is 30.3 Å². The molecule has 0 bridgehead atoms. The average Bonchev–Trinajstić information content (AvgIpc) is 2.59. The standard InChI is InChI=1S/C20H26N2O4S/c1-20(2,14-16-8-6-5-7-9-16)21-19(23)15-22(27(4,24)25)17-10-12-18(26-3)13-11-17/h5-13H,14-15H2,1-4H3,(H,21,23). The first kappa shape index (κ1) is 20.8. The summed E-state index contributed by atoms with van der Waals surface area (Å²) in [7, 11) is -2.08. The summed E-state index contributed by atoms with van der Waals surface area (Å²) in [5.74, 6) is 0.248. The SMILES string of the molecule is COc1ccc(N(CC(=O)NC(C)(C)Cc2ccccc2)S(C)(=O)=O)cc1. The number of nitrogens with one attached hydrogen (secondary N) is 1. The van der Waals surface area contributed by atoms with Crippen molar-refractivity contribution in [2.45, 2.75) is 25.8 Å². The monoisotopic (exact) mass is 390 g/mol. The van der Waals surface area contributed by atoms with Crippen molar-refractivity contribution >= 4 is 21.6 Å². The van der Waals surface area contributed by atoms with Gasteiger partial charge in [0.15, 0.2) is 0 Å². The van der Waals surface area contributed by atoms with Gasteiger partial charge in [0.1, 0.15) is 12.3 Å². The van der Waals surface area contributed by atoms with Crippen LogP contribution in [-0.4, -0.2) is 39.8 Å². The van der Waals surface area contributed by atoms with Gasteiger partial charge in [-0.2, -0.15) is 0 Å². The smallest absolute Gasteiger partial charge is 0.241 e. The van der Waals surface area contributed by atoms with Crippen LogP contribution in [0.25, 0.3) is 0 Å². The molecule has 2 aromatic carbocycles. The van der Waals surface area contributed by atoms with Gasteiger partial charge in [0, 0.05) is 5.54 Å². The van der Waals surface area contributed by atoms with Crippen molar-refractivity contribution < 1.29 is 17.9 Å². The lowest BCUT2D eigenvalue weighted by molar-refractivity contribution is -0.121. The summed E-state index contributed by atoms with van der Waals surface area (Å²) in [6.45, 7) is 3.54. The number of benzene rings is 2. The van der Waals surface area contributed by atoms with Gasteiger partial charge in [0.25, 0.3) is 0 Å². The molecule has 0 saturated carbocycles. The summed E-state index contributed by atoms with van der Waals surface area (Å²) in [4.78, 5) is 12.6. The normalized spacial score (nSPS) is 11.7. The number of ether oxygens (including phenoxy) is 1. The summed E-state index contributed by atoms with van der Waals surface area (Å²) in [6, 6.07) is 16.4. The van der Waals surface area contributed by atoms with Gasteiger partial charge < -0.3 is 10.1 Å². The number of nitrogens with zero attached hydrogens (tertiary/aromatic N) is 1. The number of rotatable bonds is 8. The number of hydrogen-bond acceptors (Lipinski definition) is 4. The summed E-state index contributed by atoms with van der Waals surface area (Å²) in [6.07, 6.45) is 1.72. The molecule has 2 aromatic rings. The highest BCUT2D eigenvalue weighted by Gasteiger charge is 2.25. The van der Waals surface area contributed by atoms with Crippen molar-refractivity contribution in [1.29, 1.82) is 0 Å². The Morgan fingerprint density at radius 3 is 2.19 bits per heavy atom. The molecule has 0 saturated heterocycles. The van der Waals surface area contributed by atoms with E-state index >= 15 is 0 Å². The van der Waals surface area contributed by atoms with Crippen molar-refractivity contribution in [3.8, 4) is 5.75 Å². The van der Waals surface area contributed by atoms with Gasteiger partial charge in [0.2, 0.25) is 15.9 Å². The molecule has 0 aliphatic carbocycles. The highest BCUT2D eigenvalue weighted by molar-refractivity contribution is 7.92. The first-order chi connectivity index (χ1) is 12.6. The number of hydrogen-bond donors (Lipinski definition) is 1. The van der Waals surface area contributed by atoms with E-state index in [0.29, 0.717) is 17.9 Å². The topological polar surface area (TPSA) is 75.7 Å². The Balaban J connectivity index is 2.11. The number of anilines is 1. The highest BCUT2D eigenvalue weighted by Crippen LogP contribution is 2.21. The lowest BCUT2D eigenvalue weighted by Crippen LogP contribution is -2.50. The maximum atomic E-state index is 12.6. The molecule has 6 nitrogen and oxygen atoms in total. The zero-order valence-corrected chi connectivity index (χ0v) is 16.9. The Morgan fingerprint density at radius 1 is 1.07 bits per heavy atom. The molecule has 1 amide bonds. The Morgan fingerprint density at radius 2 is 1.67 bits per heavy atom. The van der Waals surface area contributed by atoms with Crippen LogP contribution in [0, 0.1) is 0 Å². The van der Waals surface area contributed by atoms with Gasteiger partial charge >= 0.3 is 0 Å². The molecule has 0 spiro atoms. The predicted octanol–water partition coefficient (Wildman–Crippen LogP) is 2.60. The molecular formula is C20H26N2O4S. The van der Waals surface area contributed by atoms with Gasteiger partial charge in [-0.15, -0.1) is 0 Å². The molecular weight excluding hydrogens is 364 g/mol. The largest absolute Gasteiger partial charge is 0.497 e. The zero-order valence-electron chi connectivity index (χ0n) is 16.1. The van der Waals surface area contributed by atoms with Crippen molar-refractivity contribution in [2.75, 3.05) is 24.2 Å². The van der Waals surface area contributed by atoms with E-state index in [4.69, 9.17) is 4.74 Å². The summed E-state index contributed by atoms with van der Waals surface area (Å²) >= 11 is 0. The maximum absolute atomic E-state index is 12.6. The van der Waals surface area contributed by atoms with Crippen molar-refractivity contribution in [3.63, 3.8) is 0 Å². The zero-order chi connectivity index (χ0) is 20.1. The van der Waals surface area contributed by atoms with E-state index in [1.807, 2.05) is 44.2 Å². The predicted molar refractivity (Wildman–Crippen MR) is 108 cm³/mol. The number of methoxy groups -OCH3 is 1. The fraction of sp³-hybridized carbons (Fsp3) is 0.350. The quantitative estimate of drug-likeness (QED) is 0.752. The Kier molecular flexibility index (Phi) is 6.49. The van der Waals surface area contributed by atoms with E-state index < -0.39 is 15.6 Å². The minimum Gasteiger partial charge on any atom is -0.497 e. The number of sulfonamides is 1. The Hall–Kier alpha value is -2.54. The van der Waals surface area contributed by atoms with Crippen LogP contribution >= 0.6 is 0 Å². The van der Waals surface area contributed by atoms with Crippen LogP contribution < -0.4 is 14.4 Å². The third-order valence-corrected chi connectivity index (χ3v) is 5.16. The minimum absolute atomic E-state index is 0.288. The molecule has 0 fully saturated rings. The molecule has 0 aliphatic heterocycles. The molecule has 0 atom stereocenters. The third-order valence-electron chi connectivity index (χ3n) is 4.01. The number of carbonyl (C=O) groups is 1. The van der Waals surface area contributed by atoms with Gasteiger partial charge in [0.05, 0.1) is 19.1 Å². The highest BCUT2D eigenvalue weighted by atomic mass is 32.2.